The zero-order valence-corrected chi connectivity index (χ0v) is 10.2. The Hall–Kier alpha value is -0.830. The molecule has 0 radical (unpaired) electrons. The van der Waals surface area contributed by atoms with Crippen LogP contribution < -0.4 is 5.73 Å². The number of aromatic nitrogens is 2. The molecule has 1 aromatic rings. The minimum atomic E-state index is 0.128. The summed E-state index contributed by atoms with van der Waals surface area (Å²) in [5, 5.41) is 4.37. The van der Waals surface area contributed by atoms with Crippen molar-refractivity contribution in [2.75, 3.05) is 0 Å². The summed E-state index contributed by atoms with van der Waals surface area (Å²) in [5.41, 5.74) is 7.19. The first-order chi connectivity index (χ1) is 7.75. The average Bonchev–Trinajstić information content (AvgIpc) is 2.74. The molecule has 0 spiro atoms. The van der Waals surface area contributed by atoms with E-state index in [4.69, 9.17) is 5.73 Å². The molecule has 0 amide bonds. The minimum absolute atomic E-state index is 0.128. The van der Waals surface area contributed by atoms with Crippen molar-refractivity contribution < 1.29 is 0 Å². The topological polar surface area (TPSA) is 43.8 Å². The second-order valence-corrected chi connectivity index (χ2v) is 5.10. The zero-order chi connectivity index (χ0) is 11.4. The molecule has 1 aromatic heterocycles. The summed E-state index contributed by atoms with van der Waals surface area (Å²) in [6.07, 6.45) is 11.4. The number of aryl methyl sites for hydroxylation is 1. The van der Waals surface area contributed by atoms with Gasteiger partial charge in [0.05, 0.1) is 5.69 Å². The highest BCUT2D eigenvalue weighted by Crippen LogP contribution is 2.29. The zero-order valence-electron chi connectivity index (χ0n) is 10.2. The molecule has 0 bridgehead atoms. The van der Waals surface area contributed by atoms with Crippen LogP contribution in [0, 0.1) is 5.92 Å². The quantitative estimate of drug-likeness (QED) is 0.849. The van der Waals surface area contributed by atoms with Gasteiger partial charge in [-0.1, -0.05) is 32.1 Å². The number of nitrogens with two attached hydrogens (primary N) is 1. The number of nitrogens with zero attached hydrogens (tertiary/aromatic N) is 2. The SMILES string of the molecule is Cn1ccc(C(N)CCC2CCCCC2)n1. The highest BCUT2D eigenvalue weighted by Gasteiger charge is 2.16. The van der Waals surface area contributed by atoms with Crippen LogP contribution in [-0.2, 0) is 7.05 Å². The third-order valence-corrected chi connectivity index (χ3v) is 3.72. The molecule has 3 heteroatoms. The van der Waals surface area contributed by atoms with Gasteiger partial charge in [-0.3, -0.25) is 4.68 Å². The van der Waals surface area contributed by atoms with E-state index >= 15 is 0 Å². The first-order valence-electron chi connectivity index (χ1n) is 6.51. The van der Waals surface area contributed by atoms with Crippen molar-refractivity contribution >= 4 is 0 Å². The Kier molecular flexibility index (Phi) is 3.99. The summed E-state index contributed by atoms with van der Waals surface area (Å²) in [4.78, 5) is 0. The molecule has 1 aliphatic carbocycles. The Morgan fingerprint density at radius 3 is 2.81 bits per heavy atom. The Bertz CT molecular complexity index is 313. The summed E-state index contributed by atoms with van der Waals surface area (Å²) in [7, 11) is 1.94. The first-order valence-corrected chi connectivity index (χ1v) is 6.51. The van der Waals surface area contributed by atoms with Crippen LogP contribution in [-0.4, -0.2) is 9.78 Å². The lowest BCUT2D eigenvalue weighted by Crippen LogP contribution is -2.14. The molecule has 90 valence electrons. The molecular formula is C13H23N3. The molecule has 1 fully saturated rings. The first kappa shape index (κ1) is 11.6. The molecular weight excluding hydrogens is 198 g/mol. The lowest BCUT2D eigenvalue weighted by Gasteiger charge is -2.22. The van der Waals surface area contributed by atoms with Gasteiger partial charge in [0.2, 0.25) is 0 Å². The van der Waals surface area contributed by atoms with Gasteiger partial charge >= 0.3 is 0 Å². The summed E-state index contributed by atoms with van der Waals surface area (Å²) in [6.45, 7) is 0. The average molecular weight is 221 g/mol. The highest BCUT2D eigenvalue weighted by atomic mass is 15.3. The van der Waals surface area contributed by atoms with Crippen LogP contribution >= 0.6 is 0 Å². The molecule has 2 rings (SSSR count). The standard InChI is InChI=1S/C13H23N3/c1-16-10-9-13(15-16)12(14)8-7-11-5-3-2-4-6-11/h9-12H,2-8,14H2,1H3. The van der Waals surface area contributed by atoms with Gasteiger partial charge in [0.1, 0.15) is 0 Å². The van der Waals surface area contributed by atoms with E-state index in [-0.39, 0.29) is 6.04 Å². The lowest BCUT2D eigenvalue weighted by atomic mass is 9.85. The predicted molar refractivity (Wildman–Crippen MR) is 65.9 cm³/mol. The molecule has 1 aliphatic rings. The van der Waals surface area contributed by atoms with Gasteiger partial charge in [-0.2, -0.15) is 5.10 Å². The highest BCUT2D eigenvalue weighted by molar-refractivity contribution is 5.04. The van der Waals surface area contributed by atoms with Gasteiger partial charge in [-0.25, -0.2) is 0 Å². The molecule has 1 heterocycles. The van der Waals surface area contributed by atoms with E-state index < -0.39 is 0 Å². The minimum Gasteiger partial charge on any atom is -0.323 e. The molecule has 16 heavy (non-hydrogen) atoms. The summed E-state index contributed by atoms with van der Waals surface area (Å²) in [5.74, 6) is 0.920. The van der Waals surface area contributed by atoms with Crippen molar-refractivity contribution in [2.45, 2.75) is 51.0 Å². The van der Waals surface area contributed by atoms with Gasteiger partial charge in [0.15, 0.2) is 0 Å². The summed E-state index contributed by atoms with van der Waals surface area (Å²) >= 11 is 0. The molecule has 2 N–H and O–H groups in total. The van der Waals surface area contributed by atoms with Gasteiger partial charge in [0, 0.05) is 19.3 Å². The Balaban J connectivity index is 1.76. The van der Waals surface area contributed by atoms with Crippen LogP contribution in [0.25, 0.3) is 0 Å². The van der Waals surface area contributed by atoms with E-state index in [2.05, 4.69) is 5.10 Å². The fourth-order valence-electron chi connectivity index (χ4n) is 2.67. The Morgan fingerprint density at radius 1 is 1.44 bits per heavy atom. The normalized spacial score (nSPS) is 19.9. The summed E-state index contributed by atoms with van der Waals surface area (Å²) < 4.78 is 1.83. The van der Waals surface area contributed by atoms with Gasteiger partial charge < -0.3 is 5.73 Å². The van der Waals surface area contributed by atoms with E-state index in [1.54, 1.807) is 0 Å². The smallest absolute Gasteiger partial charge is 0.0791 e. The van der Waals surface area contributed by atoms with Gasteiger partial charge in [-0.15, -0.1) is 0 Å². The maximum Gasteiger partial charge on any atom is 0.0791 e. The molecule has 3 nitrogen and oxygen atoms in total. The van der Waals surface area contributed by atoms with Crippen molar-refractivity contribution in [1.82, 2.24) is 9.78 Å². The molecule has 0 saturated heterocycles. The second kappa shape index (κ2) is 5.48. The van der Waals surface area contributed by atoms with E-state index in [9.17, 15) is 0 Å². The third-order valence-electron chi connectivity index (χ3n) is 3.72. The lowest BCUT2D eigenvalue weighted by molar-refractivity contribution is 0.323. The largest absolute Gasteiger partial charge is 0.323 e. The summed E-state index contributed by atoms with van der Waals surface area (Å²) in [6, 6.07) is 2.16. The predicted octanol–water partition coefficient (Wildman–Crippen LogP) is 2.78. The molecule has 1 unspecified atom stereocenters. The monoisotopic (exact) mass is 221 g/mol. The number of hydrogen-bond donors (Lipinski definition) is 1. The molecule has 0 aliphatic heterocycles. The Morgan fingerprint density at radius 2 is 2.19 bits per heavy atom. The van der Waals surface area contributed by atoms with E-state index in [0.717, 1.165) is 18.0 Å². The van der Waals surface area contributed by atoms with E-state index in [0.29, 0.717) is 0 Å². The van der Waals surface area contributed by atoms with Crippen molar-refractivity contribution in [3.8, 4) is 0 Å². The molecule has 1 saturated carbocycles. The van der Waals surface area contributed by atoms with Crippen LogP contribution in [0.15, 0.2) is 12.3 Å². The fraction of sp³-hybridized carbons (Fsp3) is 0.769. The maximum absolute atomic E-state index is 6.15. The van der Waals surface area contributed by atoms with Crippen molar-refractivity contribution in [2.24, 2.45) is 18.7 Å². The number of hydrogen-bond acceptors (Lipinski definition) is 2. The Labute approximate surface area is 98.0 Å². The fourth-order valence-corrected chi connectivity index (χ4v) is 2.67. The van der Waals surface area contributed by atoms with Crippen LogP contribution in [0.5, 0.6) is 0 Å². The van der Waals surface area contributed by atoms with Crippen molar-refractivity contribution in [3.63, 3.8) is 0 Å². The van der Waals surface area contributed by atoms with Crippen molar-refractivity contribution in [1.29, 1.82) is 0 Å². The third kappa shape index (κ3) is 3.08. The maximum atomic E-state index is 6.15. The van der Waals surface area contributed by atoms with Crippen molar-refractivity contribution in [3.05, 3.63) is 18.0 Å². The van der Waals surface area contributed by atoms with Gasteiger partial charge in [0.25, 0.3) is 0 Å². The van der Waals surface area contributed by atoms with Crippen LogP contribution in [0.4, 0.5) is 0 Å². The molecule has 1 atom stereocenters. The van der Waals surface area contributed by atoms with Crippen LogP contribution in [0.2, 0.25) is 0 Å². The second-order valence-electron chi connectivity index (χ2n) is 5.10. The van der Waals surface area contributed by atoms with Crippen LogP contribution in [0.1, 0.15) is 56.7 Å². The number of rotatable bonds is 4. The van der Waals surface area contributed by atoms with Crippen LogP contribution in [0.3, 0.4) is 0 Å². The van der Waals surface area contributed by atoms with Gasteiger partial charge in [-0.05, 0) is 24.8 Å². The molecule has 0 aromatic carbocycles. The van der Waals surface area contributed by atoms with E-state index in [1.807, 2.05) is 24.0 Å². The van der Waals surface area contributed by atoms with E-state index in [1.165, 1.54) is 38.5 Å².